The Kier molecular flexibility index (Phi) is 5.21. The van der Waals surface area contributed by atoms with Gasteiger partial charge in [0.15, 0.2) is 5.76 Å². The fraction of sp³-hybridized carbons (Fsp3) is 0.111. The summed E-state index contributed by atoms with van der Waals surface area (Å²) in [6.45, 7) is 1.95. The SMILES string of the molecule is CCOC(=O)c1c(-c2ccccc2Cl)csc1NC(=O)c1ccco1. The second-order valence-electron chi connectivity index (χ2n) is 4.99. The normalized spacial score (nSPS) is 10.5. The van der Waals surface area contributed by atoms with Gasteiger partial charge in [-0.05, 0) is 25.1 Å². The van der Waals surface area contributed by atoms with E-state index in [9.17, 15) is 9.59 Å². The number of carbonyl (C=O) groups is 2. The van der Waals surface area contributed by atoms with Crippen molar-refractivity contribution < 1.29 is 18.7 Å². The summed E-state index contributed by atoms with van der Waals surface area (Å²) in [5, 5.41) is 5.37. The smallest absolute Gasteiger partial charge is 0.341 e. The number of ether oxygens (including phenoxy) is 1. The van der Waals surface area contributed by atoms with Crippen LogP contribution in [0.4, 0.5) is 5.00 Å². The summed E-state index contributed by atoms with van der Waals surface area (Å²) in [7, 11) is 0. The largest absolute Gasteiger partial charge is 0.462 e. The third kappa shape index (κ3) is 3.60. The summed E-state index contributed by atoms with van der Waals surface area (Å²) >= 11 is 7.49. The highest BCUT2D eigenvalue weighted by atomic mass is 35.5. The molecule has 7 heteroatoms. The maximum atomic E-state index is 12.5. The van der Waals surface area contributed by atoms with Gasteiger partial charge in [-0.1, -0.05) is 29.8 Å². The minimum Gasteiger partial charge on any atom is -0.462 e. The lowest BCUT2D eigenvalue weighted by atomic mass is 10.0. The summed E-state index contributed by atoms with van der Waals surface area (Å²) in [6.07, 6.45) is 1.41. The Balaban J connectivity index is 2.03. The molecule has 0 aliphatic rings. The van der Waals surface area contributed by atoms with Crippen LogP contribution >= 0.6 is 22.9 Å². The molecule has 2 heterocycles. The molecule has 0 saturated heterocycles. The number of carbonyl (C=O) groups excluding carboxylic acids is 2. The first-order chi connectivity index (χ1) is 12.1. The Hall–Kier alpha value is -2.57. The van der Waals surface area contributed by atoms with Crippen LogP contribution < -0.4 is 5.32 Å². The van der Waals surface area contributed by atoms with Gasteiger partial charge in [0.1, 0.15) is 10.6 Å². The standard InChI is InChI=1S/C18H14ClNO4S/c1-2-23-18(22)15-12(11-6-3-4-7-13(11)19)10-25-17(15)20-16(21)14-8-5-9-24-14/h3-10H,2H2,1H3,(H,20,21). The number of furan rings is 1. The van der Waals surface area contributed by atoms with Gasteiger partial charge in [-0.15, -0.1) is 11.3 Å². The molecule has 1 N–H and O–H groups in total. The van der Waals surface area contributed by atoms with E-state index < -0.39 is 11.9 Å². The number of thiophene rings is 1. The Morgan fingerprint density at radius 1 is 1.20 bits per heavy atom. The van der Waals surface area contributed by atoms with Crippen LogP contribution in [0, 0.1) is 0 Å². The molecule has 0 unspecified atom stereocenters. The van der Waals surface area contributed by atoms with Gasteiger partial charge in [0.05, 0.1) is 12.9 Å². The molecule has 0 fully saturated rings. The molecule has 0 aliphatic heterocycles. The molecule has 5 nitrogen and oxygen atoms in total. The van der Waals surface area contributed by atoms with Crippen LogP contribution in [-0.2, 0) is 4.74 Å². The first kappa shape index (κ1) is 17.3. The van der Waals surface area contributed by atoms with Crippen LogP contribution in [0.1, 0.15) is 27.8 Å². The number of benzene rings is 1. The lowest BCUT2D eigenvalue weighted by Gasteiger charge is -2.09. The highest BCUT2D eigenvalue weighted by Gasteiger charge is 2.24. The fourth-order valence-corrected chi connectivity index (χ4v) is 3.49. The number of nitrogens with one attached hydrogen (secondary N) is 1. The molecule has 25 heavy (non-hydrogen) atoms. The van der Waals surface area contributed by atoms with Crippen molar-refractivity contribution in [1.82, 2.24) is 0 Å². The summed E-state index contributed by atoms with van der Waals surface area (Å²) in [6, 6.07) is 10.3. The Labute approximate surface area is 153 Å². The molecule has 0 saturated carbocycles. The van der Waals surface area contributed by atoms with Crippen molar-refractivity contribution in [3.05, 3.63) is 64.4 Å². The van der Waals surface area contributed by atoms with E-state index in [0.717, 1.165) is 0 Å². The van der Waals surface area contributed by atoms with Crippen LogP contribution in [0.15, 0.2) is 52.5 Å². The van der Waals surface area contributed by atoms with Crippen molar-refractivity contribution >= 4 is 39.8 Å². The van der Waals surface area contributed by atoms with Crippen LogP contribution in [-0.4, -0.2) is 18.5 Å². The van der Waals surface area contributed by atoms with Gasteiger partial charge in [-0.2, -0.15) is 0 Å². The lowest BCUT2D eigenvalue weighted by molar-refractivity contribution is 0.0529. The van der Waals surface area contributed by atoms with Crippen molar-refractivity contribution in [2.75, 3.05) is 11.9 Å². The first-order valence-corrected chi connectivity index (χ1v) is 8.76. The summed E-state index contributed by atoms with van der Waals surface area (Å²) < 4.78 is 10.2. The lowest BCUT2D eigenvalue weighted by Crippen LogP contribution is -2.14. The zero-order chi connectivity index (χ0) is 17.8. The average molecular weight is 376 g/mol. The van der Waals surface area contributed by atoms with Gasteiger partial charge in [-0.3, -0.25) is 4.79 Å². The van der Waals surface area contributed by atoms with Gasteiger partial charge >= 0.3 is 5.97 Å². The summed E-state index contributed by atoms with van der Waals surface area (Å²) in [5.41, 5.74) is 1.59. The molecule has 1 amide bonds. The minimum atomic E-state index is -0.520. The number of rotatable bonds is 5. The second-order valence-corrected chi connectivity index (χ2v) is 6.27. The summed E-state index contributed by atoms with van der Waals surface area (Å²) in [5.74, 6) is -0.806. The average Bonchev–Trinajstić information content (AvgIpc) is 3.25. The van der Waals surface area contributed by atoms with Crippen molar-refractivity contribution in [3.8, 4) is 11.1 Å². The van der Waals surface area contributed by atoms with Crippen LogP contribution in [0.3, 0.4) is 0 Å². The summed E-state index contributed by atoms with van der Waals surface area (Å²) in [4.78, 5) is 24.7. The highest BCUT2D eigenvalue weighted by Crippen LogP contribution is 2.39. The van der Waals surface area contributed by atoms with E-state index in [0.29, 0.717) is 21.2 Å². The zero-order valence-corrected chi connectivity index (χ0v) is 14.8. The van der Waals surface area contributed by atoms with E-state index >= 15 is 0 Å². The van der Waals surface area contributed by atoms with E-state index in [4.69, 9.17) is 20.8 Å². The van der Waals surface area contributed by atoms with E-state index in [-0.39, 0.29) is 17.9 Å². The molecule has 3 aromatic rings. The third-order valence-corrected chi connectivity index (χ3v) is 4.63. The Morgan fingerprint density at radius 3 is 2.68 bits per heavy atom. The first-order valence-electron chi connectivity index (χ1n) is 7.50. The number of amides is 1. The van der Waals surface area contributed by atoms with Crippen LogP contribution in [0.5, 0.6) is 0 Å². The molecule has 0 spiro atoms. The van der Waals surface area contributed by atoms with Gasteiger partial charge in [0.2, 0.25) is 0 Å². The molecule has 2 aromatic heterocycles. The zero-order valence-electron chi connectivity index (χ0n) is 13.2. The molecule has 0 bridgehead atoms. The number of halogens is 1. The number of hydrogen-bond donors (Lipinski definition) is 1. The molecule has 0 aliphatic carbocycles. The molecular formula is C18H14ClNO4S. The molecule has 1 aromatic carbocycles. The number of anilines is 1. The predicted molar refractivity (Wildman–Crippen MR) is 97.4 cm³/mol. The topological polar surface area (TPSA) is 68.5 Å². The highest BCUT2D eigenvalue weighted by molar-refractivity contribution is 7.15. The van der Waals surface area contributed by atoms with Crippen molar-refractivity contribution in [2.45, 2.75) is 6.92 Å². The Bertz CT molecular complexity index is 902. The second kappa shape index (κ2) is 7.55. The van der Waals surface area contributed by atoms with E-state index in [1.807, 2.05) is 18.2 Å². The van der Waals surface area contributed by atoms with Gasteiger partial charge < -0.3 is 14.5 Å². The third-order valence-electron chi connectivity index (χ3n) is 3.41. The van der Waals surface area contributed by atoms with E-state index in [2.05, 4.69) is 5.32 Å². The van der Waals surface area contributed by atoms with E-state index in [1.54, 1.807) is 30.5 Å². The van der Waals surface area contributed by atoms with Gasteiger partial charge in [-0.25, -0.2) is 4.79 Å². The van der Waals surface area contributed by atoms with Crippen LogP contribution in [0.2, 0.25) is 5.02 Å². The van der Waals surface area contributed by atoms with Crippen molar-refractivity contribution in [1.29, 1.82) is 0 Å². The van der Waals surface area contributed by atoms with Crippen molar-refractivity contribution in [2.24, 2.45) is 0 Å². The van der Waals surface area contributed by atoms with Gasteiger partial charge in [0.25, 0.3) is 5.91 Å². The quantitative estimate of drug-likeness (QED) is 0.630. The fourth-order valence-electron chi connectivity index (χ4n) is 2.31. The number of hydrogen-bond acceptors (Lipinski definition) is 5. The number of esters is 1. The predicted octanol–water partition coefficient (Wildman–Crippen LogP) is 5.09. The monoisotopic (exact) mass is 375 g/mol. The molecule has 0 radical (unpaired) electrons. The maximum Gasteiger partial charge on any atom is 0.341 e. The molecule has 0 atom stereocenters. The van der Waals surface area contributed by atoms with Gasteiger partial charge in [0, 0.05) is 21.5 Å². The maximum absolute atomic E-state index is 12.5. The molecule has 128 valence electrons. The van der Waals surface area contributed by atoms with Crippen molar-refractivity contribution in [3.63, 3.8) is 0 Å². The van der Waals surface area contributed by atoms with Crippen LogP contribution in [0.25, 0.3) is 11.1 Å². The Morgan fingerprint density at radius 2 is 2.00 bits per heavy atom. The van der Waals surface area contributed by atoms with E-state index in [1.165, 1.54) is 17.6 Å². The minimum absolute atomic E-state index is 0.155. The molecular weight excluding hydrogens is 362 g/mol. The molecule has 3 rings (SSSR count).